The Hall–Kier alpha value is -3.87. The van der Waals surface area contributed by atoms with Crippen LogP contribution in [0, 0.1) is 12.3 Å². The fourth-order valence-corrected chi connectivity index (χ4v) is 4.96. The molecule has 0 N–H and O–H groups in total. The number of aryl methyl sites for hydroxylation is 1. The van der Waals surface area contributed by atoms with Crippen LogP contribution in [0.5, 0.6) is 0 Å². The Balaban J connectivity index is 0.000000218. The summed E-state index contributed by atoms with van der Waals surface area (Å²) in [5.41, 5.74) is -0.388. The van der Waals surface area contributed by atoms with Crippen molar-refractivity contribution < 1.29 is 23.6 Å². The maximum atomic E-state index is 14.2. The van der Waals surface area contributed by atoms with Gasteiger partial charge in [0.05, 0.1) is 5.41 Å². The van der Waals surface area contributed by atoms with Gasteiger partial charge in [0.1, 0.15) is 0 Å². The molecule has 4 rings (SSSR count). The summed E-state index contributed by atoms with van der Waals surface area (Å²) in [6.07, 6.45) is 6.40. The summed E-state index contributed by atoms with van der Waals surface area (Å²) in [6, 6.07) is 15.8. The van der Waals surface area contributed by atoms with E-state index in [-0.39, 0.29) is 31.2 Å². The molecule has 2 atom stereocenters. The summed E-state index contributed by atoms with van der Waals surface area (Å²) >= 11 is 0. The van der Waals surface area contributed by atoms with Gasteiger partial charge in [-0.2, -0.15) is 0 Å². The Morgan fingerprint density at radius 3 is 1.97 bits per heavy atom. The van der Waals surface area contributed by atoms with Gasteiger partial charge in [-0.1, -0.05) is 61.4 Å². The van der Waals surface area contributed by atoms with E-state index in [2.05, 4.69) is 13.2 Å². The first kappa shape index (κ1) is 29.7. The van der Waals surface area contributed by atoms with Crippen LogP contribution in [-0.4, -0.2) is 52.2 Å². The third-order valence-electron chi connectivity index (χ3n) is 7.35. The Kier molecular flexibility index (Phi) is 9.73. The standard InChI is InChI=1S/C18H23NO2.C14H14FNO2/c1-4-11-18(3)12-5-6-13-19(17(18)21)16(20)15-9-7-14(2)8-10-15;1-2-8-14(15)9-10-16(13(14)18)12(17)11-6-4-3-5-7-11/h4,7-10H,1,5-6,11-13H2,2-3H3;2-7H,1,8-10H2/t18-;14-/m10/s1. The minimum atomic E-state index is -1.97. The number of rotatable bonds is 6. The maximum absolute atomic E-state index is 14.2. The number of benzene rings is 2. The van der Waals surface area contributed by atoms with Crippen LogP contribution in [0.1, 0.15) is 71.7 Å². The quantitative estimate of drug-likeness (QED) is 0.334. The van der Waals surface area contributed by atoms with E-state index in [9.17, 15) is 23.6 Å². The molecule has 2 heterocycles. The topological polar surface area (TPSA) is 74.8 Å². The number of carbonyl (C=O) groups excluding carboxylic acids is 4. The number of alkyl halides is 1. The summed E-state index contributed by atoms with van der Waals surface area (Å²) in [5, 5.41) is 0. The van der Waals surface area contributed by atoms with Gasteiger partial charge in [0.2, 0.25) is 5.91 Å². The molecule has 0 aliphatic carbocycles. The molecule has 4 amide bonds. The predicted octanol–water partition coefficient (Wildman–Crippen LogP) is 6.07. The largest absolute Gasteiger partial charge is 0.278 e. The highest BCUT2D eigenvalue weighted by Crippen LogP contribution is 2.35. The normalized spacial score (nSPS) is 22.9. The van der Waals surface area contributed by atoms with Crippen molar-refractivity contribution >= 4 is 23.6 Å². The van der Waals surface area contributed by atoms with Gasteiger partial charge in [-0.3, -0.25) is 29.0 Å². The molecule has 0 aromatic heterocycles. The summed E-state index contributed by atoms with van der Waals surface area (Å²) in [6.45, 7) is 11.7. The van der Waals surface area contributed by atoms with Crippen molar-refractivity contribution in [3.63, 3.8) is 0 Å². The first-order valence-corrected chi connectivity index (χ1v) is 13.3. The van der Waals surface area contributed by atoms with Gasteiger partial charge < -0.3 is 0 Å². The fourth-order valence-electron chi connectivity index (χ4n) is 4.96. The van der Waals surface area contributed by atoms with Gasteiger partial charge >= 0.3 is 0 Å². The van der Waals surface area contributed by atoms with E-state index in [1.54, 1.807) is 48.5 Å². The lowest BCUT2D eigenvalue weighted by Crippen LogP contribution is -2.44. The van der Waals surface area contributed by atoms with Gasteiger partial charge in [0.15, 0.2) is 5.67 Å². The van der Waals surface area contributed by atoms with Crippen molar-refractivity contribution in [2.75, 3.05) is 13.1 Å². The van der Waals surface area contributed by atoms with Crippen LogP contribution in [-0.2, 0) is 9.59 Å². The number of imide groups is 2. The number of likely N-dealkylation sites (tertiary alicyclic amines) is 2. The van der Waals surface area contributed by atoms with Gasteiger partial charge in [-0.05, 0) is 50.5 Å². The molecule has 39 heavy (non-hydrogen) atoms. The van der Waals surface area contributed by atoms with E-state index in [0.29, 0.717) is 24.1 Å². The molecule has 0 radical (unpaired) electrons. The second-order valence-corrected chi connectivity index (χ2v) is 10.5. The van der Waals surface area contributed by atoms with Gasteiger partial charge in [0.25, 0.3) is 17.7 Å². The molecule has 2 aliphatic heterocycles. The number of hydrogen-bond donors (Lipinski definition) is 0. The molecule has 0 spiro atoms. The highest BCUT2D eigenvalue weighted by Gasteiger charge is 2.48. The van der Waals surface area contributed by atoms with Crippen LogP contribution in [0.25, 0.3) is 0 Å². The van der Waals surface area contributed by atoms with E-state index in [1.165, 1.54) is 11.0 Å². The van der Waals surface area contributed by atoms with Crippen molar-refractivity contribution in [2.24, 2.45) is 5.41 Å². The molecule has 2 aliphatic rings. The van der Waals surface area contributed by atoms with Gasteiger partial charge in [0, 0.05) is 37.1 Å². The number of carbonyl (C=O) groups is 4. The number of amides is 4. The van der Waals surface area contributed by atoms with Crippen LogP contribution in [0.2, 0.25) is 0 Å². The molecule has 2 aromatic carbocycles. The first-order valence-electron chi connectivity index (χ1n) is 13.3. The average molecular weight is 533 g/mol. The Bertz CT molecular complexity index is 1230. The molecule has 2 saturated heterocycles. The molecular formula is C32H37FN2O4. The zero-order valence-corrected chi connectivity index (χ0v) is 22.8. The molecule has 7 heteroatoms. The molecule has 0 unspecified atom stereocenters. The lowest BCUT2D eigenvalue weighted by atomic mass is 9.81. The summed E-state index contributed by atoms with van der Waals surface area (Å²) in [5.74, 6) is -1.44. The van der Waals surface area contributed by atoms with Crippen molar-refractivity contribution in [1.29, 1.82) is 0 Å². The van der Waals surface area contributed by atoms with E-state index in [1.807, 2.05) is 26.0 Å². The Morgan fingerprint density at radius 2 is 1.38 bits per heavy atom. The van der Waals surface area contributed by atoms with Crippen molar-refractivity contribution in [3.8, 4) is 0 Å². The third kappa shape index (κ3) is 6.77. The number of halogens is 1. The van der Waals surface area contributed by atoms with Gasteiger partial charge in [-0.25, -0.2) is 4.39 Å². The maximum Gasteiger partial charge on any atom is 0.267 e. The Labute approximate surface area is 230 Å². The first-order chi connectivity index (χ1) is 18.6. The monoisotopic (exact) mass is 532 g/mol. The minimum absolute atomic E-state index is 0.0381. The fraction of sp³-hybridized carbons (Fsp3) is 0.375. The van der Waals surface area contributed by atoms with E-state index < -0.39 is 22.9 Å². The molecule has 206 valence electrons. The zero-order chi connectivity index (χ0) is 28.6. The second-order valence-electron chi connectivity index (χ2n) is 10.5. The smallest absolute Gasteiger partial charge is 0.267 e. The third-order valence-corrected chi connectivity index (χ3v) is 7.35. The zero-order valence-electron chi connectivity index (χ0n) is 22.8. The number of nitrogens with zero attached hydrogens (tertiary/aromatic N) is 2. The minimum Gasteiger partial charge on any atom is -0.278 e. The molecular weight excluding hydrogens is 495 g/mol. The van der Waals surface area contributed by atoms with Crippen LogP contribution in [0.15, 0.2) is 79.9 Å². The van der Waals surface area contributed by atoms with E-state index in [0.717, 1.165) is 29.7 Å². The van der Waals surface area contributed by atoms with E-state index in [4.69, 9.17) is 0 Å². The lowest BCUT2D eigenvalue weighted by Gasteiger charge is -2.30. The van der Waals surface area contributed by atoms with Crippen LogP contribution < -0.4 is 0 Å². The summed E-state index contributed by atoms with van der Waals surface area (Å²) < 4.78 is 14.2. The molecule has 2 aromatic rings. The molecule has 6 nitrogen and oxygen atoms in total. The predicted molar refractivity (Wildman–Crippen MR) is 150 cm³/mol. The molecule has 2 fully saturated rings. The highest BCUT2D eigenvalue weighted by atomic mass is 19.1. The van der Waals surface area contributed by atoms with Crippen LogP contribution in [0.4, 0.5) is 4.39 Å². The SMILES string of the molecule is C=CC[C@]1(C)CCCCN(C(=O)c2ccc(C)cc2)C1=O.C=CC[C@]1(F)CCN(C(=O)c2ccccc2)C1=O. The van der Waals surface area contributed by atoms with Gasteiger partial charge in [-0.15, -0.1) is 13.2 Å². The highest BCUT2D eigenvalue weighted by molar-refractivity contribution is 6.08. The average Bonchev–Trinajstić information content (AvgIpc) is 3.13. The van der Waals surface area contributed by atoms with Crippen molar-refractivity contribution in [3.05, 3.63) is 96.6 Å². The number of allylic oxidation sites excluding steroid dienone is 2. The van der Waals surface area contributed by atoms with Crippen molar-refractivity contribution in [1.82, 2.24) is 9.80 Å². The number of hydrogen-bond acceptors (Lipinski definition) is 4. The van der Waals surface area contributed by atoms with E-state index >= 15 is 0 Å². The summed E-state index contributed by atoms with van der Waals surface area (Å²) in [4.78, 5) is 51.8. The van der Waals surface area contributed by atoms with Crippen LogP contribution >= 0.6 is 0 Å². The van der Waals surface area contributed by atoms with Crippen LogP contribution in [0.3, 0.4) is 0 Å². The second kappa shape index (κ2) is 12.8. The molecule has 0 saturated carbocycles. The lowest BCUT2D eigenvalue weighted by molar-refractivity contribution is -0.137. The summed E-state index contributed by atoms with van der Waals surface area (Å²) in [7, 11) is 0. The molecule has 0 bridgehead atoms. The van der Waals surface area contributed by atoms with Crippen molar-refractivity contribution in [2.45, 2.75) is 58.0 Å². The Morgan fingerprint density at radius 1 is 0.821 bits per heavy atom.